The van der Waals surface area contributed by atoms with E-state index in [4.69, 9.17) is 11.6 Å². The van der Waals surface area contributed by atoms with Gasteiger partial charge >= 0.3 is 0 Å². The second-order valence-electron chi connectivity index (χ2n) is 4.99. The second kappa shape index (κ2) is 5.52. The van der Waals surface area contributed by atoms with E-state index in [-0.39, 0.29) is 0 Å². The van der Waals surface area contributed by atoms with Crippen molar-refractivity contribution in [3.05, 3.63) is 52.5 Å². The predicted octanol–water partition coefficient (Wildman–Crippen LogP) is 5.60. The van der Waals surface area contributed by atoms with Gasteiger partial charge in [-0.1, -0.05) is 29.8 Å². The van der Waals surface area contributed by atoms with E-state index in [1.54, 1.807) is 11.3 Å². The Morgan fingerprint density at radius 1 is 1.19 bits per heavy atom. The number of rotatable bonds is 2. The number of hydrogen-bond donors (Lipinski definition) is 1. The van der Waals surface area contributed by atoms with Crippen LogP contribution in [-0.4, -0.2) is 10.7 Å². The summed E-state index contributed by atoms with van der Waals surface area (Å²) < 4.78 is 1.17. The quantitative estimate of drug-likeness (QED) is 0.661. The fourth-order valence-corrected chi connectivity index (χ4v) is 4.73. The predicted molar refractivity (Wildman–Crippen MR) is 92.8 cm³/mol. The summed E-state index contributed by atoms with van der Waals surface area (Å²) in [4.78, 5) is 5.83. The molecule has 21 heavy (non-hydrogen) atoms. The molecule has 0 saturated carbocycles. The molecule has 2 aromatic carbocycles. The lowest BCUT2D eigenvalue weighted by atomic mass is 10.0. The highest BCUT2D eigenvalue weighted by Gasteiger charge is 2.22. The van der Waals surface area contributed by atoms with Crippen LogP contribution in [0.25, 0.3) is 10.2 Å². The number of hydrogen-bond acceptors (Lipinski definition) is 4. The maximum atomic E-state index is 6.40. The van der Waals surface area contributed by atoms with Gasteiger partial charge in [0.1, 0.15) is 5.52 Å². The fourth-order valence-electron chi connectivity index (χ4n) is 2.71. The molecule has 4 rings (SSSR count). The Labute approximate surface area is 136 Å². The van der Waals surface area contributed by atoms with Crippen molar-refractivity contribution in [2.24, 2.45) is 0 Å². The molecule has 0 bridgehead atoms. The molecule has 0 amide bonds. The zero-order valence-electron chi connectivity index (χ0n) is 11.2. The first kappa shape index (κ1) is 13.4. The number of benzene rings is 2. The van der Waals surface area contributed by atoms with Crippen LogP contribution in [0.3, 0.4) is 0 Å². The summed E-state index contributed by atoms with van der Waals surface area (Å²) in [5, 5.41) is 4.37. The number of aromatic nitrogens is 1. The lowest BCUT2D eigenvalue weighted by Gasteiger charge is -2.27. The molecule has 1 aliphatic heterocycles. The minimum Gasteiger partial charge on any atom is -0.375 e. The van der Waals surface area contributed by atoms with E-state index in [1.807, 2.05) is 29.4 Å². The van der Waals surface area contributed by atoms with E-state index in [9.17, 15) is 0 Å². The van der Waals surface area contributed by atoms with Gasteiger partial charge in [0.25, 0.3) is 0 Å². The van der Waals surface area contributed by atoms with Gasteiger partial charge in [-0.25, -0.2) is 4.98 Å². The molecule has 0 radical (unpaired) electrons. The van der Waals surface area contributed by atoms with Crippen molar-refractivity contribution in [3.8, 4) is 0 Å². The average Bonchev–Trinajstić information content (AvgIpc) is 2.99. The summed E-state index contributed by atoms with van der Waals surface area (Å²) in [6, 6.07) is 12.9. The summed E-state index contributed by atoms with van der Waals surface area (Å²) in [7, 11) is 0. The van der Waals surface area contributed by atoms with Crippen molar-refractivity contribution in [2.75, 3.05) is 11.1 Å². The number of halogens is 1. The van der Waals surface area contributed by atoms with Gasteiger partial charge in [0.15, 0.2) is 0 Å². The zero-order chi connectivity index (χ0) is 14.2. The van der Waals surface area contributed by atoms with E-state index < -0.39 is 0 Å². The molecule has 3 aromatic rings. The van der Waals surface area contributed by atoms with E-state index >= 15 is 0 Å². The highest BCUT2D eigenvalue weighted by molar-refractivity contribution is 7.99. The van der Waals surface area contributed by atoms with Gasteiger partial charge in [-0.05, 0) is 30.2 Å². The first-order valence-corrected chi connectivity index (χ1v) is 9.07. The molecular formula is C16H13ClN2S2. The molecule has 1 N–H and O–H groups in total. The molecule has 0 spiro atoms. The van der Waals surface area contributed by atoms with Gasteiger partial charge in [-0.3, -0.25) is 0 Å². The largest absolute Gasteiger partial charge is 0.375 e. The summed E-state index contributed by atoms with van der Waals surface area (Å²) in [6.07, 6.45) is 1.10. The van der Waals surface area contributed by atoms with Gasteiger partial charge < -0.3 is 5.32 Å². The van der Waals surface area contributed by atoms with Crippen LogP contribution in [0.4, 0.5) is 5.69 Å². The van der Waals surface area contributed by atoms with Gasteiger partial charge in [-0.2, -0.15) is 0 Å². The highest BCUT2D eigenvalue weighted by Crippen LogP contribution is 2.40. The molecule has 106 valence electrons. The molecule has 1 aromatic heterocycles. The van der Waals surface area contributed by atoms with E-state index in [0.717, 1.165) is 28.4 Å². The van der Waals surface area contributed by atoms with E-state index in [0.29, 0.717) is 6.04 Å². The van der Waals surface area contributed by atoms with Crippen LogP contribution in [0.1, 0.15) is 18.0 Å². The summed E-state index contributed by atoms with van der Waals surface area (Å²) in [6.45, 7) is 0. The normalized spacial score (nSPS) is 17.7. The molecule has 0 saturated heterocycles. The standard InChI is InChI=1S/C16H13ClN2S2/c17-11-5-6-14-16(18-9-21-14)15(11)19-12-7-8-20-13-4-2-1-3-10(12)13/h1-6,9,12,19H,7-8H2. The molecule has 0 fully saturated rings. The summed E-state index contributed by atoms with van der Waals surface area (Å²) >= 11 is 9.97. The fraction of sp³-hybridized carbons (Fsp3) is 0.188. The molecule has 1 unspecified atom stereocenters. The topological polar surface area (TPSA) is 24.9 Å². The maximum Gasteiger partial charge on any atom is 0.106 e. The second-order valence-corrected chi connectivity index (χ2v) is 7.42. The molecule has 0 aliphatic carbocycles. The van der Waals surface area contributed by atoms with Crippen molar-refractivity contribution in [1.82, 2.24) is 4.98 Å². The monoisotopic (exact) mass is 332 g/mol. The van der Waals surface area contributed by atoms with Crippen LogP contribution in [-0.2, 0) is 0 Å². The summed E-state index contributed by atoms with van der Waals surface area (Å²) in [5.74, 6) is 1.12. The molecular weight excluding hydrogens is 320 g/mol. The Bertz CT molecular complexity index is 800. The third-order valence-corrected chi connectivity index (χ3v) is 5.96. The molecule has 5 heteroatoms. The number of fused-ring (bicyclic) bond motifs is 2. The van der Waals surface area contributed by atoms with Gasteiger partial charge in [0, 0.05) is 10.6 Å². The van der Waals surface area contributed by atoms with Crippen molar-refractivity contribution >= 4 is 50.6 Å². The Morgan fingerprint density at radius 2 is 2.10 bits per heavy atom. The van der Waals surface area contributed by atoms with Crippen molar-refractivity contribution in [1.29, 1.82) is 0 Å². The minimum atomic E-state index is 0.298. The van der Waals surface area contributed by atoms with Crippen LogP contribution >= 0.6 is 34.7 Å². The number of thiazole rings is 1. The number of anilines is 1. The third-order valence-electron chi connectivity index (χ3n) is 3.73. The molecule has 2 heterocycles. The van der Waals surface area contributed by atoms with E-state index in [1.165, 1.54) is 15.2 Å². The average molecular weight is 333 g/mol. The molecule has 1 atom stereocenters. The van der Waals surface area contributed by atoms with Crippen LogP contribution in [0.5, 0.6) is 0 Å². The minimum absolute atomic E-state index is 0.298. The number of nitrogens with zero attached hydrogens (tertiary/aromatic N) is 1. The van der Waals surface area contributed by atoms with Crippen molar-refractivity contribution in [3.63, 3.8) is 0 Å². The van der Waals surface area contributed by atoms with Crippen LogP contribution in [0, 0.1) is 0 Å². The van der Waals surface area contributed by atoms with Gasteiger partial charge in [-0.15, -0.1) is 23.1 Å². The Kier molecular flexibility index (Phi) is 3.53. The van der Waals surface area contributed by atoms with Crippen molar-refractivity contribution < 1.29 is 0 Å². The van der Waals surface area contributed by atoms with Crippen molar-refractivity contribution in [2.45, 2.75) is 17.4 Å². The SMILES string of the molecule is Clc1ccc2scnc2c1NC1CCSc2ccccc21. The highest BCUT2D eigenvalue weighted by atomic mass is 35.5. The summed E-state index contributed by atoms with van der Waals surface area (Å²) in [5.41, 5.74) is 5.17. The first-order valence-electron chi connectivity index (χ1n) is 6.83. The lowest BCUT2D eigenvalue weighted by Crippen LogP contribution is -2.16. The van der Waals surface area contributed by atoms with E-state index in [2.05, 4.69) is 34.6 Å². The zero-order valence-corrected chi connectivity index (χ0v) is 13.6. The third kappa shape index (κ3) is 2.41. The van der Waals surface area contributed by atoms with Gasteiger partial charge in [0.05, 0.1) is 27.0 Å². The maximum absolute atomic E-state index is 6.40. The van der Waals surface area contributed by atoms with Crippen LogP contribution in [0.15, 0.2) is 46.8 Å². The Morgan fingerprint density at radius 3 is 3.05 bits per heavy atom. The molecule has 1 aliphatic rings. The Balaban J connectivity index is 1.76. The Hall–Kier alpha value is -1.23. The smallest absolute Gasteiger partial charge is 0.106 e. The lowest BCUT2D eigenvalue weighted by molar-refractivity contribution is 0.729. The number of thioether (sulfide) groups is 1. The molecule has 2 nitrogen and oxygen atoms in total. The number of nitrogens with one attached hydrogen (secondary N) is 1. The van der Waals surface area contributed by atoms with Crippen LogP contribution in [0.2, 0.25) is 5.02 Å². The van der Waals surface area contributed by atoms with Gasteiger partial charge in [0.2, 0.25) is 0 Å². The van der Waals surface area contributed by atoms with Crippen LogP contribution < -0.4 is 5.32 Å². The first-order chi connectivity index (χ1) is 10.3.